The van der Waals surface area contributed by atoms with Crippen LogP contribution in [0.3, 0.4) is 0 Å². The average Bonchev–Trinajstić information content (AvgIpc) is 3.29. The zero-order chi connectivity index (χ0) is 22.7. The lowest BCUT2D eigenvalue weighted by atomic mass is 9.66. The molecule has 0 aliphatic heterocycles. The molecule has 0 radical (unpaired) electrons. The molecule has 2 aliphatic rings. The van der Waals surface area contributed by atoms with Crippen molar-refractivity contribution in [3.05, 3.63) is 127 Å². The van der Waals surface area contributed by atoms with Crippen LogP contribution < -0.4 is 0 Å². The SMILES string of the molecule is CC12C=CC=CC1C=Cc1oc3c(-c4ccc(-c5ccccc5)c5ccccc45)cccc3c12. The van der Waals surface area contributed by atoms with Gasteiger partial charge in [0.2, 0.25) is 0 Å². The van der Waals surface area contributed by atoms with Gasteiger partial charge in [0.25, 0.3) is 0 Å². The summed E-state index contributed by atoms with van der Waals surface area (Å²) in [4.78, 5) is 0. The smallest absolute Gasteiger partial charge is 0.142 e. The molecule has 34 heavy (non-hydrogen) atoms. The molecule has 0 saturated carbocycles. The van der Waals surface area contributed by atoms with Crippen molar-refractivity contribution in [1.82, 2.24) is 0 Å². The zero-order valence-electron chi connectivity index (χ0n) is 19.0. The molecule has 1 aromatic heterocycles. The van der Waals surface area contributed by atoms with Gasteiger partial charge in [0.05, 0.1) is 0 Å². The second-order valence-electron chi connectivity index (χ2n) is 9.51. The standard InChI is InChI=1S/C33H24O/c1-33-21-8-7-12-23(33)17-20-30-31(33)29-16-9-15-28(32(29)34-30)27-19-18-24(22-10-3-2-4-11-22)25-13-5-6-14-26(25)27/h2-21,23H,1H3. The van der Waals surface area contributed by atoms with Crippen LogP contribution in [-0.2, 0) is 5.41 Å². The molecule has 7 rings (SSSR count). The minimum absolute atomic E-state index is 0.0953. The number of furan rings is 1. The van der Waals surface area contributed by atoms with E-state index in [1.54, 1.807) is 0 Å². The van der Waals surface area contributed by atoms with E-state index in [0.717, 1.165) is 16.9 Å². The molecule has 2 atom stereocenters. The molecule has 5 aromatic rings. The molecule has 0 fully saturated rings. The topological polar surface area (TPSA) is 13.1 Å². The summed E-state index contributed by atoms with van der Waals surface area (Å²) < 4.78 is 6.61. The van der Waals surface area contributed by atoms with Crippen molar-refractivity contribution in [2.45, 2.75) is 12.3 Å². The van der Waals surface area contributed by atoms with Gasteiger partial charge in [0.1, 0.15) is 11.3 Å². The molecule has 1 nitrogen and oxygen atoms in total. The fourth-order valence-corrected chi connectivity index (χ4v) is 5.88. The predicted molar refractivity (Wildman–Crippen MR) is 143 cm³/mol. The van der Waals surface area contributed by atoms with Gasteiger partial charge in [0, 0.05) is 27.8 Å². The van der Waals surface area contributed by atoms with E-state index < -0.39 is 0 Å². The summed E-state index contributed by atoms with van der Waals surface area (Å²) in [6.07, 6.45) is 13.4. The molecule has 1 heteroatoms. The molecule has 162 valence electrons. The van der Waals surface area contributed by atoms with Gasteiger partial charge in [-0.05, 0) is 33.5 Å². The highest BCUT2D eigenvalue weighted by atomic mass is 16.3. The first-order valence-corrected chi connectivity index (χ1v) is 11.9. The Kier molecular flexibility index (Phi) is 4.10. The highest BCUT2D eigenvalue weighted by Crippen LogP contribution is 2.49. The Morgan fingerprint density at radius 3 is 2.24 bits per heavy atom. The van der Waals surface area contributed by atoms with Crippen molar-refractivity contribution >= 4 is 27.8 Å². The van der Waals surface area contributed by atoms with Crippen LogP contribution in [0.1, 0.15) is 18.2 Å². The first-order chi connectivity index (χ1) is 16.7. The maximum Gasteiger partial charge on any atom is 0.142 e. The second-order valence-corrected chi connectivity index (χ2v) is 9.51. The minimum atomic E-state index is -0.0953. The molecule has 4 aromatic carbocycles. The van der Waals surface area contributed by atoms with Gasteiger partial charge in [-0.25, -0.2) is 0 Å². The van der Waals surface area contributed by atoms with E-state index >= 15 is 0 Å². The lowest BCUT2D eigenvalue weighted by Crippen LogP contribution is -2.31. The lowest BCUT2D eigenvalue weighted by molar-refractivity contribution is 0.477. The Labute approximate surface area is 199 Å². The zero-order valence-corrected chi connectivity index (χ0v) is 19.0. The Morgan fingerprint density at radius 1 is 0.647 bits per heavy atom. The van der Waals surface area contributed by atoms with Crippen molar-refractivity contribution in [3.8, 4) is 22.3 Å². The molecule has 0 bridgehead atoms. The summed E-state index contributed by atoms with van der Waals surface area (Å²) in [5.41, 5.74) is 7.01. The summed E-state index contributed by atoms with van der Waals surface area (Å²) in [6.45, 7) is 2.33. The van der Waals surface area contributed by atoms with E-state index in [9.17, 15) is 0 Å². The van der Waals surface area contributed by atoms with Crippen LogP contribution in [0.4, 0.5) is 0 Å². The Hall–Kier alpha value is -4.10. The van der Waals surface area contributed by atoms with Crippen molar-refractivity contribution in [1.29, 1.82) is 0 Å². The number of benzene rings is 4. The Morgan fingerprint density at radius 2 is 1.38 bits per heavy atom. The number of rotatable bonds is 2. The molecular formula is C33H24O. The van der Waals surface area contributed by atoms with E-state index in [2.05, 4.69) is 128 Å². The van der Waals surface area contributed by atoms with Crippen molar-refractivity contribution < 1.29 is 4.42 Å². The van der Waals surface area contributed by atoms with E-state index in [0.29, 0.717) is 5.92 Å². The first-order valence-electron chi connectivity index (χ1n) is 11.9. The van der Waals surface area contributed by atoms with Gasteiger partial charge in [-0.3, -0.25) is 0 Å². The highest BCUT2D eigenvalue weighted by Gasteiger charge is 2.39. The summed E-state index contributed by atoms with van der Waals surface area (Å²) in [6, 6.07) is 30.4. The molecule has 0 spiro atoms. The number of hydrogen-bond donors (Lipinski definition) is 0. The summed E-state index contributed by atoms with van der Waals surface area (Å²) in [5.74, 6) is 1.33. The molecule has 2 aliphatic carbocycles. The quantitative estimate of drug-likeness (QED) is 0.269. The molecule has 0 amide bonds. The third kappa shape index (κ3) is 2.67. The summed E-state index contributed by atoms with van der Waals surface area (Å²) in [5, 5.41) is 3.71. The van der Waals surface area contributed by atoms with Crippen molar-refractivity contribution in [2.24, 2.45) is 5.92 Å². The van der Waals surface area contributed by atoms with E-state index in [1.807, 2.05) is 0 Å². The minimum Gasteiger partial charge on any atom is -0.456 e. The Balaban J connectivity index is 1.49. The van der Waals surface area contributed by atoms with Crippen LogP contribution in [0.5, 0.6) is 0 Å². The molecule has 0 N–H and O–H groups in total. The predicted octanol–water partition coefficient (Wildman–Crippen LogP) is 8.95. The van der Waals surface area contributed by atoms with Crippen LogP contribution in [0.25, 0.3) is 50.1 Å². The summed E-state index contributed by atoms with van der Waals surface area (Å²) >= 11 is 0. The normalized spacial score (nSPS) is 20.6. The van der Waals surface area contributed by atoms with Crippen molar-refractivity contribution in [2.75, 3.05) is 0 Å². The third-order valence-corrected chi connectivity index (χ3v) is 7.60. The number of hydrogen-bond acceptors (Lipinski definition) is 1. The fourth-order valence-electron chi connectivity index (χ4n) is 5.88. The first kappa shape index (κ1) is 19.4. The van der Waals surface area contributed by atoms with Gasteiger partial charge in [-0.1, -0.05) is 122 Å². The monoisotopic (exact) mass is 436 g/mol. The van der Waals surface area contributed by atoms with Crippen LogP contribution in [0.2, 0.25) is 0 Å². The fraction of sp³-hybridized carbons (Fsp3) is 0.0909. The molecule has 2 unspecified atom stereocenters. The van der Waals surface area contributed by atoms with Gasteiger partial charge < -0.3 is 4.42 Å². The maximum absolute atomic E-state index is 6.61. The summed E-state index contributed by atoms with van der Waals surface area (Å²) in [7, 11) is 0. The van der Waals surface area contributed by atoms with Crippen LogP contribution in [-0.4, -0.2) is 0 Å². The number of para-hydroxylation sites is 1. The second kappa shape index (κ2) is 7.20. The van der Waals surface area contributed by atoms with Crippen molar-refractivity contribution in [3.63, 3.8) is 0 Å². The average molecular weight is 437 g/mol. The van der Waals surface area contributed by atoms with Gasteiger partial charge >= 0.3 is 0 Å². The number of fused-ring (bicyclic) bond motifs is 6. The largest absolute Gasteiger partial charge is 0.456 e. The van der Waals surface area contributed by atoms with Crippen LogP contribution in [0, 0.1) is 5.92 Å². The van der Waals surface area contributed by atoms with Gasteiger partial charge in [-0.15, -0.1) is 0 Å². The van der Waals surface area contributed by atoms with Gasteiger partial charge in [-0.2, -0.15) is 0 Å². The van der Waals surface area contributed by atoms with E-state index in [1.165, 1.54) is 38.4 Å². The molecular weight excluding hydrogens is 412 g/mol. The number of allylic oxidation sites excluding steroid dienone is 5. The Bertz CT molecular complexity index is 1660. The van der Waals surface area contributed by atoms with Crippen LogP contribution in [0.15, 0.2) is 120 Å². The van der Waals surface area contributed by atoms with E-state index in [4.69, 9.17) is 4.42 Å². The molecule has 0 saturated heterocycles. The lowest BCUT2D eigenvalue weighted by Gasteiger charge is -2.36. The van der Waals surface area contributed by atoms with E-state index in [-0.39, 0.29) is 5.41 Å². The third-order valence-electron chi connectivity index (χ3n) is 7.60. The maximum atomic E-state index is 6.61. The van der Waals surface area contributed by atoms with Gasteiger partial charge in [0.15, 0.2) is 0 Å². The highest BCUT2D eigenvalue weighted by molar-refractivity contribution is 6.09. The molecule has 1 heterocycles. The van der Waals surface area contributed by atoms with Crippen LogP contribution >= 0.6 is 0 Å².